The zero-order chi connectivity index (χ0) is 15.4. The number of aromatic hydroxyl groups is 1. The highest BCUT2D eigenvalue weighted by atomic mass is 19.1. The summed E-state index contributed by atoms with van der Waals surface area (Å²) >= 11 is 0. The van der Waals surface area contributed by atoms with Crippen LogP contribution in [-0.2, 0) is 0 Å². The van der Waals surface area contributed by atoms with Crippen LogP contribution in [0.1, 0.15) is 10.4 Å². The molecule has 0 saturated heterocycles. The summed E-state index contributed by atoms with van der Waals surface area (Å²) in [5, 5.41) is 23.1. The second kappa shape index (κ2) is 5.91. The van der Waals surface area contributed by atoms with Crippen molar-refractivity contribution in [3.8, 4) is 5.75 Å². The highest BCUT2D eigenvalue weighted by Crippen LogP contribution is 2.21. The largest absolute Gasteiger partial charge is 0.507 e. The summed E-state index contributed by atoms with van der Waals surface area (Å²) in [6.07, 6.45) is 0. The van der Waals surface area contributed by atoms with Crippen molar-refractivity contribution in [1.82, 2.24) is 0 Å². The van der Waals surface area contributed by atoms with Gasteiger partial charge < -0.3 is 20.8 Å². The van der Waals surface area contributed by atoms with Crippen molar-refractivity contribution >= 4 is 23.4 Å². The number of aromatic carboxylic acids is 1. The number of amides is 2. The van der Waals surface area contributed by atoms with E-state index in [0.29, 0.717) is 5.69 Å². The average molecular weight is 290 g/mol. The Morgan fingerprint density at radius 1 is 0.952 bits per heavy atom. The number of nitrogens with one attached hydrogen (secondary N) is 2. The quantitative estimate of drug-likeness (QED) is 0.653. The van der Waals surface area contributed by atoms with Gasteiger partial charge in [-0.2, -0.15) is 0 Å². The smallest absolute Gasteiger partial charge is 0.339 e. The third kappa shape index (κ3) is 3.69. The molecule has 0 fully saturated rings. The van der Waals surface area contributed by atoms with Crippen molar-refractivity contribution < 1.29 is 24.2 Å². The standard InChI is InChI=1S/C14H11FN2O4/c15-8-1-3-9(4-2-8)16-14(21)17-10-5-6-12(18)11(7-10)13(19)20/h1-7,18H,(H,19,20)(H2,16,17,21). The number of carbonyl (C=O) groups is 2. The van der Waals surface area contributed by atoms with Gasteiger partial charge in [-0.05, 0) is 42.5 Å². The zero-order valence-electron chi connectivity index (χ0n) is 10.6. The number of rotatable bonds is 3. The minimum Gasteiger partial charge on any atom is -0.507 e. The van der Waals surface area contributed by atoms with E-state index < -0.39 is 23.6 Å². The third-order valence-corrected chi connectivity index (χ3v) is 2.59. The molecule has 0 atom stereocenters. The summed E-state index contributed by atoms with van der Waals surface area (Å²) in [5.74, 6) is -2.13. The van der Waals surface area contributed by atoms with Crippen LogP contribution in [0.25, 0.3) is 0 Å². The van der Waals surface area contributed by atoms with Gasteiger partial charge in [0, 0.05) is 11.4 Å². The van der Waals surface area contributed by atoms with E-state index in [9.17, 15) is 19.1 Å². The van der Waals surface area contributed by atoms with Crippen molar-refractivity contribution in [3.63, 3.8) is 0 Å². The Morgan fingerprint density at radius 2 is 1.52 bits per heavy atom. The molecule has 0 aliphatic heterocycles. The number of carbonyl (C=O) groups excluding carboxylic acids is 1. The van der Waals surface area contributed by atoms with Gasteiger partial charge in [0.15, 0.2) is 0 Å². The number of benzene rings is 2. The summed E-state index contributed by atoms with van der Waals surface area (Å²) in [5.41, 5.74) is 0.255. The first kappa shape index (κ1) is 14.3. The molecule has 0 bridgehead atoms. The molecule has 0 heterocycles. The minimum atomic E-state index is -1.31. The van der Waals surface area contributed by atoms with Gasteiger partial charge in [0.05, 0.1) is 0 Å². The highest BCUT2D eigenvalue weighted by Gasteiger charge is 2.11. The van der Waals surface area contributed by atoms with Crippen LogP contribution in [0.15, 0.2) is 42.5 Å². The molecule has 6 nitrogen and oxygen atoms in total. The van der Waals surface area contributed by atoms with Gasteiger partial charge in [0.2, 0.25) is 0 Å². The molecule has 0 aliphatic rings. The van der Waals surface area contributed by atoms with Gasteiger partial charge in [0.1, 0.15) is 17.1 Å². The molecule has 0 saturated carbocycles. The Balaban J connectivity index is 2.07. The van der Waals surface area contributed by atoms with E-state index in [1.54, 1.807) is 0 Å². The molecule has 108 valence electrons. The van der Waals surface area contributed by atoms with Crippen molar-refractivity contribution in [2.75, 3.05) is 10.6 Å². The predicted molar refractivity (Wildman–Crippen MR) is 74.1 cm³/mol. The van der Waals surface area contributed by atoms with Gasteiger partial charge in [-0.1, -0.05) is 0 Å². The second-order valence-electron chi connectivity index (χ2n) is 4.12. The number of phenols is 1. The first-order valence-electron chi connectivity index (χ1n) is 5.85. The first-order chi connectivity index (χ1) is 9.95. The Bertz CT molecular complexity index is 686. The summed E-state index contributed by atoms with van der Waals surface area (Å²) in [6, 6.07) is 8.18. The third-order valence-electron chi connectivity index (χ3n) is 2.59. The molecule has 0 unspecified atom stereocenters. The van der Waals surface area contributed by atoms with Crippen molar-refractivity contribution in [3.05, 3.63) is 53.8 Å². The van der Waals surface area contributed by atoms with Crippen molar-refractivity contribution in [2.45, 2.75) is 0 Å². The maximum absolute atomic E-state index is 12.7. The molecule has 0 aromatic heterocycles. The number of hydrogen-bond donors (Lipinski definition) is 4. The molecule has 7 heteroatoms. The van der Waals surface area contributed by atoms with Crippen LogP contribution in [0.2, 0.25) is 0 Å². The summed E-state index contributed by atoms with van der Waals surface area (Å²) in [6.45, 7) is 0. The molecule has 4 N–H and O–H groups in total. The fourth-order valence-electron chi connectivity index (χ4n) is 1.61. The van der Waals surface area contributed by atoms with E-state index in [0.717, 1.165) is 12.1 Å². The number of carboxylic acids is 1. The first-order valence-corrected chi connectivity index (χ1v) is 5.85. The average Bonchev–Trinajstić information content (AvgIpc) is 2.43. The van der Waals surface area contributed by atoms with E-state index in [2.05, 4.69) is 10.6 Å². The summed E-state index contributed by atoms with van der Waals surface area (Å²) in [4.78, 5) is 22.6. The number of carboxylic acid groups (broad SMARTS) is 1. The van der Waals surface area contributed by atoms with Gasteiger partial charge in [-0.15, -0.1) is 0 Å². The monoisotopic (exact) mass is 290 g/mol. The van der Waals surface area contributed by atoms with Crippen LogP contribution in [0.5, 0.6) is 5.75 Å². The number of halogens is 1. The summed E-state index contributed by atoms with van der Waals surface area (Å²) < 4.78 is 12.7. The van der Waals surface area contributed by atoms with Crippen molar-refractivity contribution in [2.24, 2.45) is 0 Å². The lowest BCUT2D eigenvalue weighted by Gasteiger charge is -2.09. The fraction of sp³-hybridized carbons (Fsp3) is 0. The van der Waals surface area contributed by atoms with Crippen LogP contribution in [0.4, 0.5) is 20.6 Å². The predicted octanol–water partition coefficient (Wildman–Crippen LogP) is 2.87. The van der Waals surface area contributed by atoms with Crippen LogP contribution in [0, 0.1) is 5.82 Å². The number of hydrogen-bond acceptors (Lipinski definition) is 3. The van der Waals surface area contributed by atoms with E-state index >= 15 is 0 Å². The lowest BCUT2D eigenvalue weighted by molar-refractivity contribution is 0.0693. The lowest BCUT2D eigenvalue weighted by Crippen LogP contribution is -2.19. The molecule has 2 rings (SSSR count). The highest BCUT2D eigenvalue weighted by molar-refractivity contribution is 6.01. The maximum Gasteiger partial charge on any atom is 0.339 e. The molecule has 2 amide bonds. The van der Waals surface area contributed by atoms with E-state index in [1.165, 1.54) is 30.3 Å². The molecule has 2 aromatic carbocycles. The van der Waals surface area contributed by atoms with Gasteiger partial charge in [-0.3, -0.25) is 0 Å². The van der Waals surface area contributed by atoms with Crippen LogP contribution < -0.4 is 10.6 Å². The Labute approximate surface area is 118 Å². The van der Waals surface area contributed by atoms with Gasteiger partial charge >= 0.3 is 12.0 Å². The Morgan fingerprint density at radius 3 is 2.14 bits per heavy atom. The van der Waals surface area contributed by atoms with E-state index in [-0.39, 0.29) is 11.3 Å². The zero-order valence-corrected chi connectivity index (χ0v) is 10.6. The van der Waals surface area contributed by atoms with E-state index in [4.69, 9.17) is 5.11 Å². The molecule has 0 spiro atoms. The van der Waals surface area contributed by atoms with Gasteiger partial charge in [0.25, 0.3) is 0 Å². The topological polar surface area (TPSA) is 98.7 Å². The minimum absolute atomic E-state index is 0.199. The molecular weight excluding hydrogens is 279 g/mol. The molecule has 2 aromatic rings. The normalized spacial score (nSPS) is 9.95. The second-order valence-corrected chi connectivity index (χ2v) is 4.12. The lowest BCUT2D eigenvalue weighted by atomic mass is 10.2. The fourth-order valence-corrected chi connectivity index (χ4v) is 1.61. The maximum atomic E-state index is 12.7. The van der Waals surface area contributed by atoms with Crippen LogP contribution >= 0.6 is 0 Å². The van der Waals surface area contributed by atoms with Gasteiger partial charge in [-0.25, -0.2) is 14.0 Å². The number of anilines is 2. The Hall–Kier alpha value is -3.09. The van der Waals surface area contributed by atoms with Crippen LogP contribution in [0.3, 0.4) is 0 Å². The SMILES string of the molecule is O=C(Nc1ccc(F)cc1)Nc1ccc(O)c(C(=O)O)c1. The molecule has 0 radical (unpaired) electrons. The van der Waals surface area contributed by atoms with Crippen LogP contribution in [-0.4, -0.2) is 22.2 Å². The van der Waals surface area contributed by atoms with E-state index in [1.807, 2.05) is 0 Å². The Kier molecular flexibility index (Phi) is 4.03. The van der Waals surface area contributed by atoms with Crippen molar-refractivity contribution in [1.29, 1.82) is 0 Å². The molecule has 0 aliphatic carbocycles. The molecular formula is C14H11FN2O4. The summed E-state index contributed by atoms with van der Waals surface area (Å²) in [7, 11) is 0. The number of urea groups is 1. The molecule has 21 heavy (non-hydrogen) atoms.